The maximum Gasteiger partial charge on any atom is 0.314 e. The largest absolute Gasteiger partial charge is 0.368 e. The molecule has 15 heavy (non-hydrogen) atoms. The van der Waals surface area contributed by atoms with Gasteiger partial charge in [0.15, 0.2) is 0 Å². The van der Waals surface area contributed by atoms with E-state index in [9.17, 15) is 14.9 Å². The molecule has 0 atom stereocenters. The molecular formula is C8H10N4O3. The summed E-state index contributed by atoms with van der Waals surface area (Å²) in [6.07, 6.45) is 1.42. The highest BCUT2D eigenvalue weighted by Crippen LogP contribution is 2.24. The monoisotopic (exact) mass is 210 g/mol. The normalized spacial score (nSPS) is 9.67. The molecule has 0 saturated carbocycles. The van der Waals surface area contributed by atoms with Gasteiger partial charge in [-0.1, -0.05) is 0 Å². The standard InChI is InChI=1S/C8H10N4O3/c1-5-2-3-10-8(7(5)12(14)15)11-4-6(9)13/h2-3H,4H2,1H3,(H2,9,13)(H,10,11). The lowest BCUT2D eigenvalue weighted by Crippen LogP contribution is -2.22. The molecule has 0 spiro atoms. The maximum absolute atomic E-state index is 10.7. The molecule has 0 unspecified atom stereocenters. The number of hydrogen-bond donors (Lipinski definition) is 2. The van der Waals surface area contributed by atoms with Gasteiger partial charge in [-0.3, -0.25) is 14.9 Å². The zero-order valence-corrected chi connectivity index (χ0v) is 8.06. The SMILES string of the molecule is Cc1ccnc(NCC(N)=O)c1[N+](=O)[O-]. The van der Waals surface area contributed by atoms with Gasteiger partial charge in [-0.2, -0.15) is 0 Å². The van der Waals surface area contributed by atoms with Crippen molar-refractivity contribution in [3.05, 3.63) is 27.9 Å². The molecule has 1 heterocycles. The van der Waals surface area contributed by atoms with Crippen LogP contribution in [-0.4, -0.2) is 22.4 Å². The molecule has 0 aliphatic heterocycles. The summed E-state index contributed by atoms with van der Waals surface area (Å²) in [5.74, 6) is -0.550. The highest BCUT2D eigenvalue weighted by Gasteiger charge is 2.18. The van der Waals surface area contributed by atoms with E-state index < -0.39 is 10.8 Å². The average molecular weight is 210 g/mol. The first-order valence-corrected chi connectivity index (χ1v) is 4.14. The van der Waals surface area contributed by atoms with Crippen molar-refractivity contribution in [1.29, 1.82) is 0 Å². The molecule has 1 amide bonds. The topological polar surface area (TPSA) is 111 Å². The molecule has 1 rings (SSSR count). The second-order valence-corrected chi connectivity index (χ2v) is 2.90. The first-order valence-electron chi connectivity index (χ1n) is 4.14. The molecule has 3 N–H and O–H groups in total. The number of amides is 1. The predicted octanol–water partition coefficient (Wildman–Crippen LogP) is 0.195. The van der Waals surface area contributed by atoms with E-state index in [-0.39, 0.29) is 18.1 Å². The summed E-state index contributed by atoms with van der Waals surface area (Å²) in [7, 11) is 0. The Hall–Kier alpha value is -2.18. The Morgan fingerprint density at radius 1 is 1.73 bits per heavy atom. The smallest absolute Gasteiger partial charge is 0.314 e. The van der Waals surface area contributed by atoms with Gasteiger partial charge in [0.1, 0.15) is 0 Å². The van der Waals surface area contributed by atoms with Crippen LogP contribution in [0.3, 0.4) is 0 Å². The third-order valence-electron chi connectivity index (χ3n) is 1.74. The van der Waals surface area contributed by atoms with Crippen LogP contribution in [0.5, 0.6) is 0 Å². The fourth-order valence-corrected chi connectivity index (χ4v) is 1.08. The van der Waals surface area contributed by atoms with Crippen molar-refractivity contribution in [2.75, 3.05) is 11.9 Å². The number of aryl methyl sites for hydroxylation is 1. The molecule has 0 aliphatic carbocycles. The Bertz CT molecular complexity index is 405. The van der Waals surface area contributed by atoms with Crippen LogP contribution in [0.4, 0.5) is 11.5 Å². The van der Waals surface area contributed by atoms with Crippen molar-refractivity contribution < 1.29 is 9.72 Å². The van der Waals surface area contributed by atoms with Gasteiger partial charge in [-0.15, -0.1) is 0 Å². The lowest BCUT2D eigenvalue weighted by atomic mass is 10.2. The van der Waals surface area contributed by atoms with Gasteiger partial charge in [0.05, 0.1) is 11.5 Å². The Balaban J connectivity index is 3.01. The third-order valence-corrected chi connectivity index (χ3v) is 1.74. The third kappa shape index (κ3) is 2.63. The van der Waals surface area contributed by atoms with Gasteiger partial charge >= 0.3 is 5.69 Å². The zero-order chi connectivity index (χ0) is 11.4. The van der Waals surface area contributed by atoms with Crippen molar-refractivity contribution in [3.8, 4) is 0 Å². The van der Waals surface area contributed by atoms with Crippen molar-refractivity contribution in [3.63, 3.8) is 0 Å². The molecule has 0 bridgehead atoms. The summed E-state index contributed by atoms with van der Waals surface area (Å²) < 4.78 is 0. The minimum absolute atomic E-state index is 0.0544. The summed E-state index contributed by atoms with van der Waals surface area (Å²) >= 11 is 0. The van der Waals surface area contributed by atoms with E-state index in [1.165, 1.54) is 12.3 Å². The number of primary amides is 1. The fourth-order valence-electron chi connectivity index (χ4n) is 1.08. The van der Waals surface area contributed by atoms with Crippen molar-refractivity contribution in [1.82, 2.24) is 4.98 Å². The number of hydrogen-bond acceptors (Lipinski definition) is 5. The van der Waals surface area contributed by atoms with Crippen molar-refractivity contribution in [2.24, 2.45) is 5.73 Å². The van der Waals surface area contributed by atoms with Crippen LogP contribution >= 0.6 is 0 Å². The van der Waals surface area contributed by atoms with Gasteiger partial charge < -0.3 is 11.1 Å². The molecule has 1 aromatic heterocycles. The number of carbonyl (C=O) groups is 1. The highest BCUT2D eigenvalue weighted by atomic mass is 16.6. The molecule has 0 aliphatic rings. The van der Waals surface area contributed by atoms with Crippen LogP contribution in [-0.2, 0) is 4.79 Å². The van der Waals surface area contributed by atoms with Crippen molar-refractivity contribution in [2.45, 2.75) is 6.92 Å². The van der Waals surface area contributed by atoms with E-state index in [1.54, 1.807) is 6.92 Å². The number of rotatable bonds is 4. The van der Waals surface area contributed by atoms with Crippen LogP contribution in [0.25, 0.3) is 0 Å². The lowest BCUT2D eigenvalue weighted by Gasteiger charge is -2.04. The van der Waals surface area contributed by atoms with Crippen LogP contribution in [0.2, 0.25) is 0 Å². The van der Waals surface area contributed by atoms with E-state index in [2.05, 4.69) is 10.3 Å². The molecule has 1 aromatic rings. The highest BCUT2D eigenvalue weighted by molar-refractivity contribution is 5.79. The molecule has 80 valence electrons. The van der Waals surface area contributed by atoms with Gasteiger partial charge in [0.2, 0.25) is 11.7 Å². The summed E-state index contributed by atoms with van der Waals surface area (Å²) in [5, 5.41) is 13.2. The number of nitrogens with two attached hydrogens (primary N) is 1. The quantitative estimate of drug-likeness (QED) is 0.544. The van der Waals surface area contributed by atoms with E-state index >= 15 is 0 Å². The van der Waals surface area contributed by atoms with E-state index in [0.29, 0.717) is 5.56 Å². The number of anilines is 1. The number of nitrogens with one attached hydrogen (secondary N) is 1. The van der Waals surface area contributed by atoms with Crippen LogP contribution in [0.15, 0.2) is 12.3 Å². The first kappa shape index (κ1) is 10.9. The van der Waals surface area contributed by atoms with Crippen molar-refractivity contribution >= 4 is 17.4 Å². The summed E-state index contributed by atoms with van der Waals surface area (Å²) in [6.45, 7) is 1.41. The minimum Gasteiger partial charge on any atom is -0.368 e. The first-order chi connectivity index (χ1) is 7.02. The van der Waals surface area contributed by atoms with Crippen LogP contribution in [0, 0.1) is 17.0 Å². The molecule has 0 radical (unpaired) electrons. The number of nitro groups is 1. The fraction of sp³-hybridized carbons (Fsp3) is 0.250. The van der Waals surface area contributed by atoms with Gasteiger partial charge in [0.25, 0.3) is 0 Å². The second-order valence-electron chi connectivity index (χ2n) is 2.90. The Morgan fingerprint density at radius 3 is 2.93 bits per heavy atom. The Labute approximate surface area is 85.5 Å². The number of aromatic nitrogens is 1. The summed E-state index contributed by atoms with van der Waals surface area (Å²) in [5.41, 5.74) is 5.24. The van der Waals surface area contributed by atoms with Gasteiger partial charge in [-0.05, 0) is 13.0 Å². The molecule has 7 nitrogen and oxygen atoms in total. The summed E-state index contributed by atoms with van der Waals surface area (Å²) in [4.78, 5) is 24.4. The summed E-state index contributed by atoms with van der Waals surface area (Å²) in [6, 6.07) is 1.52. The number of pyridine rings is 1. The molecule has 7 heteroatoms. The lowest BCUT2D eigenvalue weighted by molar-refractivity contribution is -0.384. The van der Waals surface area contributed by atoms with E-state index in [0.717, 1.165) is 0 Å². The number of nitrogens with zero attached hydrogens (tertiary/aromatic N) is 2. The van der Waals surface area contributed by atoms with Gasteiger partial charge in [-0.25, -0.2) is 4.98 Å². The molecular weight excluding hydrogens is 200 g/mol. The zero-order valence-electron chi connectivity index (χ0n) is 8.06. The predicted molar refractivity (Wildman–Crippen MR) is 53.3 cm³/mol. The van der Waals surface area contributed by atoms with E-state index in [4.69, 9.17) is 5.73 Å². The minimum atomic E-state index is -0.604. The van der Waals surface area contributed by atoms with Crippen LogP contribution < -0.4 is 11.1 Å². The molecule has 0 aromatic carbocycles. The maximum atomic E-state index is 10.7. The average Bonchev–Trinajstić information content (AvgIpc) is 2.13. The molecule has 0 fully saturated rings. The van der Waals surface area contributed by atoms with E-state index in [1.807, 2.05) is 0 Å². The molecule has 0 saturated heterocycles. The van der Waals surface area contributed by atoms with Gasteiger partial charge in [0, 0.05) is 11.8 Å². The Morgan fingerprint density at radius 2 is 2.40 bits per heavy atom. The Kier molecular flexibility index (Phi) is 3.17. The second kappa shape index (κ2) is 4.36. The van der Waals surface area contributed by atoms with Crippen LogP contribution in [0.1, 0.15) is 5.56 Å². The number of carbonyl (C=O) groups excluding carboxylic acids is 1.